The summed E-state index contributed by atoms with van der Waals surface area (Å²) in [5.41, 5.74) is 1.82. The fraction of sp³-hybridized carbons (Fsp3) is 0.312. The number of fused-ring (bicyclic) bond motifs is 1. The number of amides is 2. The number of carbonyl (C=O) groups excluding carboxylic acids is 1. The van der Waals surface area contributed by atoms with E-state index in [4.69, 9.17) is 4.74 Å². The lowest BCUT2D eigenvalue weighted by Gasteiger charge is -2.18. The zero-order valence-corrected chi connectivity index (χ0v) is 15.3. The molecule has 8 nitrogen and oxygen atoms in total. The van der Waals surface area contributed by atoms with E-state index in [0.29, 0.717) is 23.5 Å². The van der Waals surface area contributed by atoms with Crippen molar-refractivity contribution in [2.75, 3.05) is 19.5 Å². The molecule has 0 atom stereocenters. The van der Waals surface area contributed by atoms with Gasteiger partial charge >= 0.3 is 11.7 Å². The number of hydrogen-bond acceptors (Lipinski definition) is 5. The van der Waals surface area contributed by atoms with E-state index in [9.17, 15) is 9.59 Å². The number of methoxy groups -OCH3 is 1. The highest BCUT2D eigenvalue weighted by Crippen LogP contribution is 2.30. The molecule has 0 saturated carbocycles. The number of thiazole rings is 1. The molecule has 0 aliphatic carbocycles. The Hall–Kier alpha value is -2.81. The Morgan fingerprint density at radius 2 is 2.00 bits per heavy atom. The molecule has 1 aromatic carbocycles. The van der Waals surface area contributed by atoms with E-state index >= 15 is 0 Å². The summed E-state index contributed by atoms with van der Waals surface area (Å²) in [4.78, 5) is 30.3. The lowest BCUT2D eigenvalue weighted by molar-refractivity contribution is 0.220. The van der Waals surface area contributed by atoms with Crippen LogP contribution in [0, 0.1) is 0 Å². The Balaban J connectivity index is 1.90. The van der Waals surface area contributed by atoms with Gasteiger partial charge in [0.15, 0.2) is 0 Å². The Labute approximate surface area is 148 Å². The maximum Gasteiger partial charge on any atom is 0.328 e. The molecule has 0 saturated heterocycles. The van der Waals surface area contributed by atoms with Gasteiger partial charge in [-0.2, -0.15) is 0 Å². The van der Waals surface area contributed by atoms with E-state index in [-0.39, 0.29) is 11.7 Å². The Morgan fingerprint density at radius 3 is 2.60 bits per heavy atom. The van der Waals surface area contributed by atoms with Crippen molar-refractivity contribution in [1.29, 1.82) is 0 Å². The molecule has 9 heteroatoms. The maximum absolute atomic E-state index is 12.5. The van der Waals surface area contributed by atoms with Crippen molar-refractivity contribution in [3.05, 3.63) is 39.2 Å². The van der Waals surface area contributed by atoms with Gasteiger partial charge in [0.1, 0.15) is 10.8 Å². The molecule has 0 radical (unpaired) electrons. The largest absolute Gasteiger partial charge is 0.494 e. The summed E-state index contributed by atoms with van der Waals surface area (Å²) in [6.45, 7) is 0.415. The van der Waals surface area contributed by atoms with Crippen molar-refractivity contribution in [3.8, 4) is 5.75 Å². The molecule has 2 heterocycles. The van der Waals surface area contributed by atoms with Gasteiger partial charge < -0.3 is 15.0 Å². The summed E-state index contributed by atoms with van der Waals surface area (Å²) in [6.07, 6.45) is 1.71. The minimum Gasteiger partial charge on any atom is -0.494 e. The molecule has 0 spiro atoms. The van der Waals surface area contributed by atoms with Gasteiger partial charge in [-0.15, -0.1) is 11.3 Å². The molecule has 3 rings (SSSR count). The van der Waals surface area contributed by atoms with E-state index in [1.807, 2.05) is 5.38 Å². The summed E-state index contributed by atoms with van der Waals surface area (Å²) in [7, 11) is 6.61. The number of hydrogen-bond donors (Lipinski definition) is 1. The number of anilines is 1. The van der Waals surface area contributed by atoms with Crippen molar-refractivity contribution in [2.24, 2.45) is 14.1 Å². The minimum absolute atomic E-state index is 0.138. The van der Waals surface area contributed by atoms with Crippen LogP contribution in [0.15, 0.2) is 28.5 Å². The summed E-state index contributed by atoms with van der Waals surface area (Å²) in [5, 5.41) is 5.56. The zero-order valence-electron chi connectivity index (χ0n) is 14.4. The van der Waals surface area contributed by atoms with Crippen molar-refractivity contribution >= 4 is 34.1 Å². The third-order valence-corrected chi connectivity index (χ3v) is 4.80. The second-order valence-electron chi connectivity index (χ2n) is 5.65. The van der Waals surface area contributed by atoms with Crippen molar-refractivity contribution in [2.45, 2.75) is 6.54 Å². The standard InChI is InChI=1S/C16H19N5O3S/c1-19(9-14-17-5-6-25-14)15(22)18-10-7-11-12(8-13(10)24-4)21(3)16(23)20(11)2/h5-8H,9H2,1-4H3,(H,18,22). The average molecular weight is 361 g/mol. The van der Waals surface area contributed by atoms with Gasteiger partial charge in [0.25, 0.3) is 0 Å². The van der Waals surface area contributed by atoms with Gasteiger partial charge in [-0.1, -0.05) is 0 Å². The first kappa shape index (κ1) is 17.0. The molecular weight excluding hydrogens is 342 g/mol. The summed E-state index contributed by atoms with van der Waals surface area (Å²) in [6, 6.07) is 3.20. The molecule has 1 N–H and O–H groups in total. The molecule has 2 aromatic heterocycles. The van der Waals surface area contributed by atoms with Crippen LogP contribution in [0.5, 0.6) is 5.75 Å². The molecule has 2 amide bonds. The lowest BCUT2D eigenvalue weighted by atomic mass is 10.2. The topological polar surface area (TPSA) is 81.4 Å². The number of urea groups is 1. The quantitative estimate of drug-likeness (QED) is 0.771. The van der Waals surface area contributed by atoms with E-state index in [1.54, 1.807) is 39.5 Å². The normalized spacial score (nSPS) is 10.9. The van der Waals surface area contributed by atoms with E-state index < -0.39 is 0 Å². The van der Waals surface area contributed by atoms with Crippen molar-refractivity contribution in [3.63, 3.8) is 0 Å². The number of nitrogens with zero attached hydrogens (tertiary/aromatic N) is 4. The number of aryl methyl sites for hydroxylation is 2. The molecule has 0 fully saturated rings. The predicted octanol–water partition coefficient (Wildman–Crippen LogP) is 2.01. The van der Waals surface area contributed by atoms with Crippen LogP contribution in [0.25, 0.3) is 11.0 Å². The van der Waals surface area contributed by atoms with Gasteiger partial charge in [-0.05, 0) is 6.07 Å². The highest BCUT2D eigenvalue weighted by atomic mass is 32.1. The molecule has 0 aliphatic heterocycles. The van der Waals surface area contributed by atoms with Crippen LogP contribution in [-0.2, 0) is 20.6 Å². The molecule has 132 valence electrons. The zero-order chi connectivity index (χ0) is 18.1. The van der Waals surface area contributed by atoms with Crippen LogP contribution in [-0.4, -0.2) is 39.2 Å². The highest BCUT2D eigenvalue weighted by Gasteiger charge is 2.17. The minimum atomic E-state index is -0.284. The van der Waals surface area contributed by atoms with Crippen molar-refractivity contribution in [1.82, 2.24) is 19.0 Å². The number of ether oxygens (including phenoxy) is 1. The van der Waals surface area contributed by atoms with Gasteiger partial charge in [0.2, 0.25) is 0 Å². The molecular formula is C16H19N5O3S. The molecule has 25 heavy (non-hydrogen) atoms. The third kappa shape index (κ3) is 3.10. The molecule has 0 unspecified atom stereocenters. The average Bonchev–Trinajstić information content (AvgIpc) is 3.18. The second kappa shape index (κ2) is 6.60. The monoisotopic (exact) mass is 361 g/mol. The van der Waals surface area contributed by atoms with Gasteiger partial charge in [-0.3, -0.25) is 9.13 Å². The molecule has 0 bridgehead atoms. The second-order valence-corrected chi connectivity index (χ2v) is 6.63. The van der Waals surface area contributed by atoms with Crippen LogP contribution >= 0.6 is 11.3 Å². The first-order chi connectivity index (χ1) is 11.9. The van der Waals surface area contributed by atoms with Crippen LogP contribution in [0.1, 0.15) is 5.01 Å². The first-order valence-corrected chi connectivity index (χ1v) is 8.44. The number of aromatic nitrogens is 3. The summed E-state index contributed by atoms with van der Waals surface area (Å²) >= 11 is 1.49. The fourth-order valence-corrected chi connectivity index (χ4v) is 3.28. The smallest absolute Gasteiger partial charge is 0.328 e. The summed E-state index contributed by atoms with van der Waals surface area (Å²) in [5.74, 6) is 0.490. The van der Waals surface area contributed by atoms with Gasteiger partial charge in [0, 0.05) is 38.8 Å². The summed E-state index contributed by atoms with van der Waals surface area (Å²) < 4.78 is 8.45. The number of imidazole rings is 1. The SMILES string of the molecule is COc1cc2c(cc1NC(=O)N(C)Cc1nccs1)n(C)c(=O)n2C. The van der Waals surface area contributed by atoms with Gasteiger partial charge in [0.05, 0.1) is 30.4 Å². The van der Waals surface area contributed by atoms with E-state index in [1.165, 1.54) is 32.5 Å². The fourth-order valence-electron chi connectivity index (χ4n) is 2.61. The molecule has 0 aliphatic rings. The predicted molar refractivity (Wildman–Crippen MR) is 97.3 cm³/mol. The Bertz CT molecular complexity index is 974. The highest BCUT2D eigenvalue weighted by molar-refractivity contribution is 7.09. The number of carbonyl (C=O) groups is 1. The third-order valence-electron chi connectivity index (χ3n) is 4.04. The van der Waals surface area contributed by atoms with Crippen LogP contribution in [0.2, 0.25) is 0 Å². The lowest BCUT2D eigenvalue weighted by Crippen LogP contribution is -2.30. The maximum atomic E-state index is 12.5. The van der Waals surface area contributed by atoms with Crippen LogP contribution in [0.3, 0.4) is 0 Å². The number of rotatable bonds is 4. The van der Waals surface area contributed by atoms with Gasteiger partial charge in [-0.25, -0.2) is 14.6 Å². The Morgan fingerprint density at radius 1 is 1.32 bits per heavy atom. The number of nitrogens with one attached hydrogen (secondary N) is 1. The van der Waals surface area contributed by atoms with E-state index in [0.717, 1.165) is 10.5 Å². The Kier molecular flexibility index (Phi) is 4.49. The van der Waals surface area contributed by atoms with Crippen LogP contribution in [0.4, 0.5) is 10.5 Å². The first-order valence-electron chi connectivity index (χ1n) is 7.56. The molecule has 3 aromatic rings. The van der Waals surface area contributed by atoms with Crippen LogP contribution < -0.4 is 15.7 Å². The van der Waals surface area contributed by atoms with E-state index in [2.05, 4.69) is 10.3 Å². The number of benzene rings is 1. The van der Waals surface area contributed by atoms with Crippen molar-refractivity contribution < 1.29 is 9.53 Å².